The molecule has 7 atom stereocenters. The van der Waals surface area contributed by atoms with Gasteiger partial charge in [0.2, 0.25) is 0 Å². The van der Waals surface area contributed by atoms with Crippen molar-refractivity contribution in [3.05, 3.63) is 0 Å². The van der Waals surface area contributed by atoms with Crippen LogP contribution in [0.15, 0.2) is 0 Å². The molecule has 7 unspecified atom stereocenters. The number of hydrogen-bond donors (Lipinski definition) is 0. The van der Waals surface area contributed by atoms with E-state index >= 15 is 0 Å². The van der Waals surface area contributed by atoms with E-state index in [9.17, 15) is 0 Å². The molecule has 117 heavy (non-hydrogen) atoms. The summed E-state index contributed by atoms with van der Waals surface area (Å²) in [7, 11) is 16.8. The first kappa shape index (κ1) is 98.8. The van der Waals surface area contributed by atoms with Crippen LogP contribution < -0.4 is 0 Å². The number of hydrogen-bond acceptors (Lipinski definition) is 9. The second-order valence-corrected chi connectivity index (χ2v) is 46.1. The van der Waals surface area contributed by atoms with Gasteiger partial charge in [0.05, 0.1) is 54.9 Å². The van der Waals surface area contributed by atoms with Gasteiger partial charge in [-0.05, 0) is 449 Å². The Bertz CT molecular complexity index is 2450. The molecule has 0 N–H and O–H groups in total. The molecule has 0 aliphatic heterocycles. The minimum Gasteiger partial charge on any atom is -0.381 e. The quantitative estimate of drug-likeness (QED) is 0.133. The Labute approximate surface area is 726 Å². The molecule has 18 fully saturated rings. The van der Waals surface area contributed by atoms with Crippen molar-refractivity contribution >= 4 is 0 Å². The van der Waals surface area contributed by atoms with Crippen LogP contribution in [0, 0.1) is 102 Å². The lowest BCUT2D eigenvalue weighted by atomic mass is 9.50. The lowest BCUT2D eigenvalue weighted by Crippen LogP contribution is -2.50. The van der Waals surface area contributed by atoms with Crippen molar-refractivity contribution in [2.24, 2.45) is 102 Å². The minimum atomic E-state index is 0.569. The van der Waals surface area contributed by atoms with E-state index in [2.05, 4.69) is 62.3 Å². The van der Waals surface area contributed by atoms with Crippen molar-refractivity contribution in [3.63, 3.8) is 0 Å². The smallest absolute Gasteiger partial charge is 0.0582 e. The predicted molar refractivity (Wildman–Crippen MR) is 492 cm³/mol. The summed E-state index contributed by atoms with van der Waals surface area (Å²) >= 11 is 0. The van der Waals surface area contributed by atoms with Gasteiger partial charge in [-0.2, -0.15) is 0 Å². The maximum Gasteiger partial charge on any atom is 0.0582 e. The van der Waals surface area contributed by atoms with Crippen molar-refractivity contribution in [1.82, 2.24) is 0 Å². The average Bonchev–Trinajstić information content (AvgIpc) is 1.52. The average molecular weight is 1640 g/mol. The van der Waals surface area contributed by atoms with Crippen LogP contribution in [0.3, 0.4) is 0 Å². The topological polar surface area (TPSA) is 83.1 Å². The first-order valence-electron chi connectivity index (χ1n) is 52.3. The van der Waals surface area contributed by atoms with Gasteiger partial charge >= 0.3 is 0 Å². The van der Waals surface area contributed by atoms with Crippen LogP contribution in [0.2, 0.25) is 0 Å². The highest BCUT2D eigenvalue weighted by Gasteiger charge is 2.54. The maximum atomic E-state index is 5.49. The minimum absolute atomic E-state index is 0.569. The molecule has 0 aromatic rings. The number of rotatable bonds is 18. The highest BCUT2D eigenvalue weighted by Crippen LogP contribution is 2.63. The van der Waals surface area contributed by atoms with E-state index in [0.29, 0.717) is 65.8 Å². The molecule has 9 nitrogen and oxygen atoms in total. The Morgan fingerprint density at radius 3 is 0.607 bits per heavy atom. The Kier molecular flexibility index (Phi) is 39.8. The van der Waals surface area contributed by atoms with Crippen LogP contribution in [-0.4, -0.2) is 119 Å². The Balaban J connectivity index is 0.000000139. The van der Waals surface area contributed by atoms with Gasteiger partial charge in [0.15, 0.2) is 0 Å². The first-order chi connectivity index (χ1) is 56.5. The van der Waals surface area contributed by atoms with Gasteiger partial charge in [0, 0.05) is 64.0 Å². The van der Waals surface area contributed by atoms with Gasteiger partial charge in [-0.25, -0.2) is 0 Å². The third kappa shape index (κ3) is 27.4. The fourth-order valence-electron chi connectivity index (χ4n) is 29.8. The lowest BCUT2D eigenvalue weighted by Gasteiger charge is -2.57. The predicted octanol–water partition coefficient (Wildman–Crippen LogP) is 30.4. The van der Waals surface area contributed by atoms with Gasteiger partial charge in [0.1, 0.15) is 0 Å². The molecule has 684 valence electrons. The lowest BCUT2D eigenvalue weighted by molar-refractivity contribution is -0.126. The molecular weight excluding hydrogens is 1440 g/mol. The molecule has 9 spiro atoms. The molecular formula is C108H198O9. The molecule has 18 aliphatic carbocycles. The van der Waals surface area contributed by atoms with Gasteiger partial charge in [-0.15, -0.1) is 0 Å². The van der Waals surface area contributed by atoms with E-state index in [-0.39, 0.29) is 0 Å². The van der Waals surface area contributed by atoms with E-state index in [1.165, 1.54) is 405 Å². The molecule has 0 aromatic carbocycles. The zero-order chi connectivity index (χ0) is 83.8. The molecule has 0 bridgehead atoms. The van der Waals surface area contributed by atoms with Crippen LogP contribution in [0.4, 0.5) is 0 Å². The molecule has 18 rings (SSSR count). The van der Waals surface area contributed by atoms with Crippen LogP contribution >= 0.6 is 0 Å². The van der Waals surface area contributed by atoms with Crippen molar-refractivity contribution in [2.75, 3.05) is 64.0 Å². The fourth-order valence-corrected chi connectivity index (χ4v) is 29.8. The van der Waals surface area contributed by atoms with Gasteiger partial charge in [-0.1, -0.05) is 120 Å². The second kappa shape index (κ2) is 47.1. The van der Waals surface area contributed by atoms with Gasteiger partial charge < -0.3 is 42.6 Å². The summed E-state index contributed by atoms with van der Waals surface area (Å²) in [6, 6.07) is 0. The summed E-state index contributed by atoms with van der Waals surface area (Å²) in [5, 5.41) is 0. The normalized spacial score (nSPS) is 44.8. The summed E-state index contributed by atoms with van der Waals surface area (Å²) in [5.41, 5.74) is 6.64. The Morgan fingerprint density at radius 1 is 0.137 bits per heavy atom. The molecule has 0 aromatic heterocycles. The number of ether oxygens (including phenoxy) is 9. The molecule has 0 radical (unpaired) electrons. The third-order valence-corrected chi connectivity index (χ3v) is 39.4. The molecule has 18 saturated carbocycles. The summed E-state index contributed by atoms with van der Waals surface area (Å²) in [5.74, 6) is 9.34. The highest BCUT2D eigenvalue weighted by atomic mass is 16.5. The summed E-state index contributed by atoms with van der Waals surface area (Å²) in [6.07, 6.45) is 94.8. The van der Waals surface area contributed by atoms with Crippen molar-refractivity contribution in [3.8, 4) is 0 Å². The third-order valence-electron chi connectivity index (χ3n) is 39.4. The van der Waals surface area contributed by atoms with E-state index in [4.69, 9.17) is 42.6 Å². The fraction of sp³-hybridized carbons (Fsp3) is 1.00. The standard InChI is InChI=1S/C14H26O.2C13H24O.3C12H22O.2C11H20O.C10H18O/c1-3-12-4-8-14(9-5-12)10-6-13(15-2)7-11-14;1-3-11-4-7-13(10-11)8-5-12(14-2)6-9-13;1-3-11-4-7-13(8-5-11)9-6-12(10-13)14-2;1-3-10-8-12(9-10)6-4-11(13-2)5-7-12;1-3-10-4-6-12(8-10)7-5-11(9-12)13-2;1-3-10-4-6-12(7-5-10)8-11(9-12)13-2;1-3-9-6-11(7-9)5-4-10(8-11)12-2;1-3-9-4-5-11(6-9)7-10(8-11)12-2;1-3-8-4-10(5-8)6-9(7-10)11-2/h12-13H,3-11H2,1-2H3;2*11-12H,3-10H2,1-2H3;3*10-11H,3-9H2,1-2H3;2*9-10H,3-8H2,1-2H3;8-9H,3-7H2,1-2H3. The Morgan fingerprint density at radius 2 is 0.291 bits per heavy atom. The van der Waals surface area contributed by atoms with Crippen LogP contribution in [-0.2, 0) is 42.6 Å². The van der Waals surface area contributed by atoms with Crippen LogP contribution in [0.5, 0.6) is 0 Å². The highest BCUT2D eigenvalue weighted by molar-refractivity contribution is 5.05. The zero-order valence-corrected chi connectivity index (χ0v) is 81.1. The zero-order valence-electron chi connectivity index (χ0n) is 81.1. The molecule has 0 saturated heterocycles. The Hall–Kier alpha value is -0.360. The summed E-state index contributed by atoms with van der Waals surface area (Å²) in [4.78, 5) is 0. The molecule has 0 heterocycles. The molecule has 9 heteroatoms. The second-order valence-electron chi connectivity index (χ2n) is 46.1. The van der Waals surface area contributed by atoms with Crippen molar-refractivity contribution in [2.45, 2.75) is 522 Å². The van der Waals surface area contributed by atoms with Crippen LogP contribution in [0.25, 0.3) is 0 Å². The summed E-state index contributed by atoms with van der Waals surface area (Å²) in [6.45, 7) is 21.0. The molecule has 0 amide bonds. The first-order valence-corrected chi connectivity index (χ1v) is 52.3. The van der Waals surface area contributed by atoms with Crippen LogP contribution in [0.1, 0.15) is 467 Å². The molecule has 18 aliphatic rings. The van der Waals surface area contributed by atoms with E-state index in [1.54, 1.807) is 0 Å². The van der Waals surface area contributed by atoms with E-state index in [0.717, 1.165) is 91.2 Å². The SMILES string of the molecule is CCC1CC2(C1)CC(OC)C2.CCC1CC2(CCC(OC)C2)C1.CCC1CC2(CCC(OC)CC2)C1.CCC1CCC2(C1)CC(OC)C2.CCC1CCC2(CC1)CC(OC)C2.CCC1CCC2(CC1)CCC(OC)C2.CCC1CCC2(CC1)CCC(OC)CC2.CCC1CCC2(CCC(OC)C2)C1.CCC1CCC2(CCC(OC)CC2)C1. The van der Waals surface area contributed by atoms with Crippen molar-refractivity contribution in [1.29, 1.82) is 0 Å². The van der Waals surface area contributed by atoms with Crippen molar-refractivity contribution < 1.29 is 42.6 Å². The monoisotopic (exact) mass is 1640 g/mol. The largest absolute Gasteiger partial charge is 0.381 e. The maximum absolute atomic E-state index is 5.49. The number of methoxy groups -OCH3 is 9. The van der Waals surface area contributed by atoms with Gasteiger partial charge in [-0.3, -0.25) is 0 Å². The summed E-state index contributed by atoms with van der Waals surface area (Å²) < 4.78 is 48.7. The van der Waals surface area contributed by atoms with Gasteiger partial charge in [0.25, 0.3) is 0 Å². The van der Waals surface area contributed by atoms with E-state index < -0.39 is 0 Å². The van der Waals surface area contributed by atoms with E-state index in [1.807, 2.05) is 64.0 Å².